The van der Waals surface area contributed by atoms with Crippen molar-refractivity contribution in [3.63, 3.8) is 0 Å². The number of piperidine rings is 1. The van der Waals surface area contributed by atoms with Gasteiger partial charge in [-0.25, -0.2) is 0 Å². The fourth-order valence-corrected chi connectivity index (χ4v) is 2.08. The van der Waals surface area contributed by atoms with Gasteiger partial charge in [-0.05, 0) is 24.9 Å². The number of hydrogen-bond acceptors (Lipinski definition) is 3. The molecule has 0 aromatic heterocycles. The molecule has 2 N–H and O–H groups in total. The summed E-state index contributed by atoms with van der Waals surface area (Å²) in [5.41, 5.74) is 1.09. The number of halogens is 1. The predicted octanol–water partition coefficient (Wildman–Crippen LogP) is 1.49. The topological polar surface area (TPSA) is 50.4 Å². The molecule has 1 aromatic carbocycles. The molecule has 4 nitrogen and oxygen atoms in total. The first-order valence-electron chi connectivity index (χ1n) is 6.46. The second kappa shape index (κ2) is 8.91. The van der Waals surface area contributed by atoms with Crippen molar-refractivity contribution in [2.45, 2.75) is 25.5 Å². The highest BCUT2D eigenvalue weighted by Crippen LogP contribution is 2.02. The lowest BCUT2D eigenvalue weighted by molar-refractivity contribution is -0.126. The third-order valence-electron chi connectivity index (χ3n) is 3.01. The summed E-state index contributed by atoms with van der Waals surface area (Å²) in [6.07, 6.45) is 2.17. The molecule has 1 amide bonds. The third kappa shape index (κ3) is 6.05. The van der Waals surface area contributed by atoms with Crippen LogP contribution in [0.1, 0.15) is 18.4 Å². The third-order valence-corrected chi connectivity index (χ3v) is 3.01. The molecular weight excluding hydrogens is 264 g/mol. The van der Waals surface area contributed by atoms with Crippen LogP contribution in [0.3, 0.4) is 0 Å². The Bertz CT molecular complexity index is 367. The molecule has 1 aromatic rings. The van der Waals surface area contributed by atoms with Crippen LogP contribution in [0.4, 0.5) is 0 Å². The van der Waals surface area contributed by atoms with Gasteiger partial charge < -0.3 is 15.4 Å². The van der Waals surface area contributed by atoms with Crippen LogP contribution in [0, 0.1) is 0 Å². The highest BCUT2D eigenvalue weighted by atomic mass is 35.5. The standard InChI is InChI=1S/C14H20N2O2.ClH/c17-14(16-13-7-4-8-15-9-13)11-18-10-12-5-2-1-3-6-12;/h1-3,5-6,13,15H,4,7-11H2,(H,16,17);1H/t13-;/m0./s1. The maximum atomic E-state index is 11.6. The molecule has 1 aliphatic heterocycles. The molecule has 0 saturated carbocycles. The molecule has 19 heavy (non-hydrogen) atoms. The van der Waals surface area contributed by atoms with Gasteiger partial charge in [0.05, 0.1) is 6.61 Å². The quantitative estimate of drug-likeness (QED) is 0.861. The van der Waals surface area contributed by atoms with E-state index in [1.54, 1.807) is 0 Å². The van der Waals surface area contributed by atoms with Gasteiger partial charge in [0.15, 0.2) is 0 Å². The second-order valence-corrected chi connectivity index (χ2v) is 4.59. The van der Waals surface area contributed by atoms with Gasteiger partial charge in [-0.15, -0.1) is 12.4 Å². The molecule has 5 heteroatoms. The minimum atomic E-state index is -0.0281. The molecule has 1 aliphatic rings. The Morgan fingerprint density at radius 1 is 1.37 bits per heavy atom. The first kappa shape index (κ1) is 16.0. The van der Waals surface area contributed by atoms with E-state index in [1.165, 1.54) is 0 Å². The number of benzene rings is 1. The van der Waals surface area contributed by atoms with Gasteiger partial charge in [0.2, 0.25) is 5.91 Å². The number of amides is 1. The largest absolute Gasteiger partial charge is 0.367 e. The Balaban J connectivity index is 0.00000180. The fraction of sp³-hybridized carbons (Fsp3) is 0.500. The lowest BCUT2D eigenvalue weighted by Gasteiger charge is -2.23. The lowest BCUT2D eigenvalue weighted by atomic mass is 10.1. The normalized spacial score (nSPS) is 18.4. The summed E-state index contributed by atoms with van der Waals surface area (Å²) in [7, 11) is 0. The highest BCUT2D eigenvalue weighted by Gasteiger charge is 2.14. The molecule has 0 radical (unpaired) electrons. The predicted molar refractivity (Wildman–Crippen MR) is 77.4 cm³/mol. The van der Waals surface area contributed by atoms with Gasteiger partial charge in [-0.3, -0.25) is 4.79 Å². The van der Waals surface area contributed by atoms with E-state index in [0.717, 1.165) is 31.5 Å². The summed E-state index contributed by atoms with van der Waals surface area (Å²) in [5.74, 6) is -0.0281. The minimum Gasteiger partial charge on any atom is -0.367 e. The maximum Gasteiger partial charge on any atom is 0.246 e. The number of ether oxygens (including phenoxy) is 1. The molecule has 0 spiro atoms. The average Bonchev–Trinajstić information content (AvgIpc) is 2.41. The van der Waals surface area contributed by atoms with Crippen molar-refractivity contribution in [2.24, 2.45) is 0 Å². The fourth-order valence-electron chi connectivity index (χ4n) is 2.08. The van der Waals surface area contributed by atoms with E-state index in [0.29, 0.717) is 6.61 Å². The average molecular weight is 285 g/mol. The zero-order valence-corrected chi connectivity index (χ0v) is 11.7. The second-order valence-electron chi connectivity index (χ2n) is 4.59. The number of hydrogen-bond donors (Lipinski definition) is 2. The zero-order valence-electron chi connectivity index (χ0n) is 10.9. The maximum absolute atomic E-state index is 11.6. The summed E-state index contributed by atoms with van der Waals surface area (Å²) in [4.78, 5) is 11.6. The first-order chi connectivity index (χ1) is 8.84. The van der Waals surface area contributed by atoms with Gasteiger partial charge in [0, 0.05) is 12.6 Å². The Morgan fingerprint density at radius 2 is 2.16 bits per heavy atom. The smallest absolute Gasteiger partial charge is 0.246 e. The molecule has 1 atom stereocenters. The number of carbonyl (C=O) groups is 1. The zero-order chi connectivity index (χ0) is 12.6. The van der Waals surface area contributed by atoms with Crippen molar-refractivity contribution in [1.82, 2.24) is 10.6 Å². The van der Waals surface area contributed by atoms with E-state index in [-0.39, 0.29) is 31.0 Å². The van der Waals surface area contributed by atoms with Crippen LogP contribution < -0.4 is 10.6 Å². The Hall–Kier alpha value is -1.10. The van der Waals surface area contributed by atoms with Crippen molar-refractivity contribution < 1.29 is 9.53 Å². The van der Waals surface area contributed by atoms with E-state index in [4.69, 9.17) is 4.74 Å². The molecule has 0 unspecified atom stereocenters. The van der Waals surface area contributed by atoms with Crippen LogP contribution in [0.5, 0.6) is 0 Å². The SMILES string of the molecule is Cl.O=C(COCc1ccccc1)N[C@H]1CCCNC1. The van der Waals surface area contributed by atoms with Gasteiger partial charge in [0.1, 0.15) is 6.61 Å². The molecule has 1 fully saturated rings. The van der Waals surface area contributed by atoms with Crippen LogP contribution in [0.2, 0.25) is 0 Å². The van der Waals surface area contributed by atoms with Gasteiger partial charge >= 0.3 is 0 Å². The van der Waals surface area contributed by atoms with E-state index >= 15 is 0 Å². The van der Waals surface area contributed by atoms with Crippen molar-refractivity contribution in [2.75, 3.05) is 19.7 Å². The van der Waals surface area contributed by atoms with Crippen molar-refractivity contribution in [1.29, 1.82) is 0 Å². The Morgan fingerprint density at radius 3 is 2.84 bits per heavy atom. The molecule has 0 aliphatic carbocycles. The molecule has 0 bridgehead atoms. The summed E-state index contributed by atoms with van der Waals surface area (Å²) in [5, 5.41) is 6.25. The Kier molecular flexibility index (Phi) is 7.48. The van der Waals surface area contributed by atoms with E-state index in [9.17, 15) is 4.79 Å². The van der Waals surface area contributed by atoms with Crippen LogP contribution in [0.25, 0.3) is 0 Å². The Labute approximate surface area is 120 Å². The van der Waals surface area contributed by atoms with E-state index in [2.05, 4.69) is 10.6 Å². The summed E-state index contributed by atoms with van der Waals surface area (Å²) in [6.45, 7) is 2.53. The van der Waals surface area contributed by atoms with Crippen LogP contribution in [-0.2, 0) is 16.1 Å². The number of nitrogens with one attached hydrogen (secondary N) is 2. The minimum absolute atomic E-state index is 0. The lowest BCUT2D eigenvalue weighted by Crippen LogP contribution is -2.46. The molecular formula is C14H21ClN2O2. The molecule has 1 saturated heterocycles. The number of rotatable bonds is 5. The van der Waals surface area contributed by atoms with E-state index < -0.39 is 0 Å². The van der Waals surface area contributed by atoms with Gasteiger partial charge in [-0.1, -0.05) is 30.3 Å². The van der Waals surface area contributed by atoms with Crippen LogP contribution in [-0.4, -0.2) is 31.6 Å². The first-order valence-corrected chi connectivity index (χ1v) is 6.46. The van der Waals surface area contributed by atoms with Gasteiger partial charge in [-0.2, -0.15) is 0 Å². The van der Waals surface area contributed by atoms with Crippen molar-refractivity contribution >= 4 is 18.3 Å². The number of carbonyl (C=O) groups excluding carboxylic acids is 1. The summed E-state index contributed by atoms with van der Waals surface area (Å²) in [6, 6.07) is 10.1. The summed E-state index contributed by atoms with van der Waals surface area (Å²) < 4.78 is 5.39. The molecule has 1 heterocycles. The van der Waals surface area contributed by atoms with Crippen LogP contribution >= 0.6 is 12.4 Å². The molecule has 106 valence electrons. The highest BCUT2D eigenvalue weighted by molar-refractivity contribution is 5.85. The summed E-state index contributed by atoms with van der Waals surface area (Å²) >= 11 is 0. The van der Waals surface area contributed by atoms with Crippen molar-refractivity contribution in [3.8, 4) is 0 Å². The monoisotopic (exact) mass is 284 g/mol. The van der Waals surface area contributed by atoms with Crippen LogP contribution in [0.15, 0.2) is 30.3 Å². The molecule has 2 rings (SSSR count). The van der Waals surface area contributed by atoms with Gasteiger partial charge in [0.25, 0.3) is 0 Å². The van der Waals surface area contributed by atoms with E-state index in [1.807, 2.05) is 30.3 Å². The van der Waals surface area contributed by atoms with Crippen molar-refractivity contribution in [3.05, 3.63) is 35.9 Å².